The van der Waals surface area contributed by atoms with Gasteiger partial charge in [0.1, 0.15) is 17.8 Å². The van der Waals surface area contributed by atoms with Gasteiger partial charge in [-0.3, -0.25) is 4.79 Å². The molecule has 1 amide bonds. The van der Waals surface area contributed by atoms with Crippen molar-refractivity contribution in [2.75, 3.05) is 6.67 Å². The number of amides is 1. The fraction of sp³-hybridized carbons (Fsp3) is 0.286. The lowest BCUT2D eigenvalue weighted by atomic mass is 10.0. The average Bonchev–Trinajstić information content (AvgIpc) is 3.06. The lowest BCUT2D eigenvalue weighted by molar-refractivity contribution is -0.121. The normalized spacial score (nSPS) is 13.9. The van der Waals surface area contributed by atoms with E-state index in [9.17, 15) is 14.3 Å². The number of rotatable bonds is 6. The van der Waals surface area contributed by atoms with Crippen molar-refractivity contribution < 1.29 is 14.3 Å². The van der Waals surface area contributed by atoms with E-state index in [4.69, 9.17) is 23.2 Å². The zero-order chi connectivity index (χ0) is 16.1. The minimum absolute atomic E-state index is 0.476. The van der Waals surface area contributed by atoms with Crippen molar-refractivity contribution >= 4 is 40.4 Å². The number of carbonyl (C=O) groups is 1. The van der Waals surface area contributed by atoms with Gasteiger partial charge in [0.05, 0.1) is 6.04 Å². The summed E-state index contributed by atoms with van der Waals surface area (Å²) in [6.45, 7) is -0.943. The fourth-order valence-electron chi connectivity index (χ4n) is 1.87. The van der Waals surface area contributed by atoms with Crippen LogP contribution in [0.3, 0.4) is 0 Å². The van der Waals surface area contributed by atoms with Crippen LogP contribution in [-0.4, -0.2) is 33.6 Å². The van der Waals surface area contributed by atoms with Gasteiger partial charge in [-0.05, 0) is 5.56 Å². The largest absolute Gasteiger partial charge is 0.386 e. The molecule has 0 spiro atoms. The molecular formula is C14H13Cl2FN2O2S. The van der Waals surface area contributed by atoms with E-state index in [1.54, 1.807) is 30.5 Å². The Hall–Kier alpha value is -1.21. The van der Waals surface area contributed by atoms with Gasteiger partial charge in [-0.1, -0.05) is 47.5 Å². The van der Waals surface area contributed by atoms with E-state index in [-0.39, 0.29) is 0 Å². The summed E-state index contributed by atoms with van der Waals surface area (Å²) in [5, 5.41) is 15.2. The van der Waals surface area contributed by atoms with E-state index in [1.807, 2.05) is 5.38 Å². The number of aliphatic hydroxyl groups excluding tert-OH is 1. The number of benzene rings is 1. The average molecular weight is 363 g/mol. The summed E-state index contributed by atoms with van der Waals surface area (Å²) < 4.78 is 13.1. The molecule has 2 atom stereocenters. The molecule has 2 aromatic rings. The van der Waals surface area contributed by atoms with Crippen LogP contribution in [0.1, 0.15) is 11.7 Å². The van der Waals surface area contributed by atoms with Crippen LogP contribution in [0, 0.1) is 0 Å². The Balaban J connectivity index is 2.10. The first-order valence-corrected chi connectivity index (χ1v) is 8.10. The number of carbonyl (C=O) groups excluding carboxylic acids is 1. The third kappa shape index (κ3) is 4.16. The van der Waals surface area contributed by atoms with Gasteiger partial charge in [-0.2, -0.15) is 0 Å². The summed E-state index contributed by atoms with van der Waals surface area (Å²) in [6, 6.07) is 5.77. The number of nitrogens with zero attached hydrogens (tertiary/aromatic N) is 1. The van der Waals surface area contributed by atoms with Crippen LogP contribution in [0.2, 0.25) is 0 Å². The molecule has 0 saturated carbocycles. The van der Waals surface area contributed by atoms with E-state index in [1.165, 1.54) is 11.3 Å². The highest BCUT2D eigenvalue weighted by atomic mass is 35.5. The van der Waals surface area contributed by atoms with Crippen molar-refractivity contribution in [3.05, 3.63) is 41.4 Å². The molecule has 1 aromatic heterocycles. The molecule has 8 heteroatoms. The molecule has 1 unspecified atom stereocenters. The highest BCUT2D eigenvalue weighted by Gasteiger charge is 2.25. The lowest BCUT2D eigenvalue weighted by Crippen LogP contribution is -2.43. The van der Waals surface area contributed by atoms with Crippen molar-refractivity contribution in [3.63, 3.8) is 0 Å². The molecule has 0 fully saturated rings. The van der Waals surface area contributed by atoms with Gasteiger partial charge in [-0.25, -0.2) is 9.37 Å². The molecule has 0 aliphatic carbocycles. The molecule has 0 saturated heterocycles. The van der Waals surface area contributed by atoms with Crippen LogP contribution in [-0.2, 0) is 4.79 Å². The van der Waals surface area contributed by atoms with E-state index < -0.39 is 29.6 Å². The van der Waals surface area contributed by atoms with Gasteiger partial charge in [0.15, 0.2) is 4.84 Å². The molecule has 0 bridgehead atoms. The van der Waals surface area contributed by atoms with Gasteiger partial charge in [0.25, 0.3) is 5.91 Å². The maximum absolute atomic E-state index is 13.1. The van der Waals surface area contributed by atoms with Crippen LogP contribution in [0.15, 0.2) is 35.8 Å². The Bertz CT molecular complexity index is 608. The Morgan fingerprint density at radius 2 is 2.05 bits per heavy atom. The van der Waals surface area contributed by atoms with Crippen molar-refractivity contribution in [3.8, 4) is 10.6 Å². The second kappa shape index (κ2) is 7.87. The van der Waals surface area contributed by atoms with Crippen LogP contribution in [0.25, 0.3) is 10.6 Å². The number of alkyl halides is 3. The van der Waals surface area contributed by atoms with E-state index >= 15 is 0 Å². The SMILES string of the molecule is O=C(N[C@H](CF)C(O)c1ccc(-c2nccs2)cc1)C(Cl)Cl. The van der Waals surface area contributed by atoms with Crippen LogP contribution in [0.4, 0.5) is 4.39 Å². The lowest BCUT2D eigenvalue weighted by Gasteiger charge is -2.22. The number of aliphatic hydroxyl groups is 1. The van der Waals surface area contributed by atoms with Crippen LogP contribution < -0.4 is 5.32 Å². The highest BCUT2D eigenvalue weighted by Crippen LogP contribution is 2.25. The predicted molar refractivity (Wildman–Crippen MR) is 85.9 cm³/mol. The summed E-state index contributed by atoms with van der Waals surface area (Å²) in [4.78, 5) is 14.3. The molecule has 2 N–H and O–H groups in total. The fourth-order valence-corrected chi connectivity index (χ4v) is 2.64. The van der Waals surface area contributed by atoms with Crippen molar-refractivity contribution in [2.45, 2.75) is 17.0 Å². The quantitative estimate of drug-likeness (QED) is 0.776. The molecule has 118 valence electrons. The number of hydrogen-bond acceptors (Lipinski definition) is 4. The third-order valence-corrected chi connectivity index (χ3v) is 4.22. The molecule has 1 aromatic carbocycles. The van der Waals surface area contributed by atoms with E-state index in [0.717, 1.165) is 10.6 Å². The van der Waals surface area contributed by atoms with Crippen molar-refractivity contribution in [1.82, 2.24) is 10.3 Å². The Kier molecular flexibility index (Phi) is 6.14. The molecular weight excluding hydrogens is 350 g/mol. The second-order valence-corrected chi connectivity index (χ2v) is 6.47. The Morgan fingerprint density at radius 3 is 2.55 bits per heavy atom. The van der Waals surface area contributed by atoms with Gasteiger partial charge in [0, 0.05) is 17.1 Å². The van der Waals surface area contributed by atoms with Gasteiger partial charge in [-0.15, -0.1) is 11.3 Å². The first kappa shape index (κ1) is 17.1. The van der Waals surface area contributed by atoms with E-state index in [2.05, 4.69) is 10.3 Å². The van der Waals surface area contributed by atoms with Gasteiger partial charge >= 0.3 is 0 Å². The van der Waals surface area contributed by atoms with Crippen LogP contribution in [0.5, 0.6) is 0 Å². The molecule has 0 radical (unpaired) electrons. The summed E-state index contributed by atoms with van der Waals surface area (Å²) in [5.41, 5.74) is 1.37. The van der Waals surface area contributed by atoms with Gasteiger partial charge in [0.2, 0.25) is 0 Å². The highest BCUT2D eigenvalue weighted by molar-refractivity contribution is 7.13. The number of aromatic nitrogens is 1. The molecule has 0 aliphatic heterocycles. The van der Waals surface area contributed by atoms with E-state index in [0.29, 0.717) is 5.56 Å². The molecule has 22 heavy (non-hydrogen) atoms. The first-order chi connectivity index (χ1) is 10.5. The number of hydrogen-bond donors (Lipinski definition) is 2. The first-order valence-electron chi connectivity index (χ1n) is 6.35. The Labute approximate surface area is 140 Å². The summed E-state index contributed by atoms with van der Waals surface area (Å²) in [5.74, 6) is -0.746. The van der Waals surface area contributed by atoms with Crippen molar-refractivity contribution in [1.29, 1.82) is 0 Å². The standard InChI is InChI=1S/C14H13Cl2FN2O2S/c15-12(16)13(21)19-10(7-17)11(20)8-1-3-9(4-2-8)14-18-5-6-22-14/h1-6,10-12,20H,7H2,(H,19,21)/t10-,11?/m1/s1. The third-order valence-electron chi connectivity index (χ3n) is 3.00. The summed E-state index contributed by atoms with van der Waals surface area (Å²) in [6.07, 6.45) is 0.498. The maximum Gasteiger partial charge on any atom is 0.253 e. The molecule has 0 aliphatic rings. The van der Waals surface area contributed by atoms with Crippen molar-refractivity contribution in [2.24, 2.45) is 0 Å². The maximum atomic E-state index is 13.1. The number of halogens is 3. The zero-order valence-electron chi connectivity index (χ0n) is 11.2. The summed E-state index contributed by atoms with van der Waals surface area (Å²) in [7, 11) is 0. The number of thiazole rings is 1. The number of nitrogens with one attached hydrogen (secondary N) is 1. The molecule has 2 rings (SSSR count). The molecule has 1 heterocycles. The molecule has 4 nitrogen and oxygen atoms in total. The monoisotopic (exact) mass is 362 g/mol. The second-order valence-electron chi connectivity index (χ2n) is 4.47. The topological polar surface area (TPSA) is 62.2 Å². The van der Waals surface area contributed by atoms with Crippen LogP contribution >= 0.6 is 34.5 Å². The summed E-state index contributed by atoms with van der Waals surface area (Å²) >= 11 is 12.3. The zero-order valence-corrected chi connectivity index (χ0v) is 13.6. The smallest absolute Gasteiger partial charge is 0.253 e. The minimum atomic E-state index is -1.31. The minimum Gasteiger partial charge on any atom is -0.386 e. The Morgan fingerprint density at radius 1 is 1.36 bits per heavy atom. The predicted octanol–water partition coefficient (Wildman–Crippen LogP) is 3.10. The van der Waals surface area contributed by atoms with Gasteiger partial charge < -0.3 is 10.4 Å².